The standard InChI is InChI=1S/C11H15BrN2O3S.ClH/c12-10-3-1-9(2-4-10)7-18(16,17)8-11(15)14-6-5-13;/h1-4H,5-8,13H2,(H,14,15);1H. The van der Waals surface area contributed by atoms with Gasteiger partial charge in [-0.15, -0.1) is 12.4 Å². The summed E-state index contributed by atoms with van der Waals surface area (Å²) in [6.07, 6.45) is 0. The maximum absolute atomic E-state index is 11.8. The van der Waals surface area contributed by atoms with E-state index in [1.165, 1.54) is 0 Å². The number of nitrogens with one attached hydrogen (secondary N) is 1. The summed E-state index contributed by atoms with van der Waals surface area (Å²) in [6, 6.07) is 6.94. The van der Waals surface area contributed by atoms with Gasteiger partial charge in [0.25, 0.3) is 0 Å². The van der Waals surface area contributed by atoms with Crippen LogP contribution in [0.4, 0.5) is 0 Å². The van der Waals surface area contributed by atoms with Crippen LogP contribution in [0.1, 0.15) is 5.56 Å². The molecule has 0 saturated heterocycles. The van der Waals surface area contributed by atoms with Gasteiger partial charge in [-0.05, 0) is 17.7 Å². The third kappa shape index (κ3) is 7.51. The maximum Gasteiger partial charge on any atom is 0.235 e. The number of carbonyl (C=O) groups is 1. The van der Waals surface area contributed by atoms with Crippen molar-refractivity contribution in [1.29, 1.82) is 0 Å². The lowest BCUT2D eigenvalue weighted by atomic mass is 10.2. The quantitative estimate of drug-likeness (QED) is 0.776. The minimum Gasteiger partial charge on any atom is -0.354 e. The van der Waals surface area contributed by atoms with Crippen LogP contribution in [-0.4, -0.2) is 33.2 Å². The van der Waals surface area contributed by atoms with Crippen LogP contribution in [0.15, 0.2) is 28.7 Å². The molecule has 0 aromatic heterocycles. The first-order valence-corrected chi connectivity index (χ1v) is 7.96. The van der Waals surface area contributed by atoms with Crippen LogP contribution in [0.5, 0.6) is 0 Å². The summed E-state index contributed by atoms with van der Waals surface area (Å²) < 4.78 is 24.4. The second kappa shape index (κ2) is 8.52. The second-order valence-corrected chi connectivity index (χ2v) is 6.78. The topological polar surface area (TPSA) is 89.3 Å². The molecule has 1 aromatic carbocycles. The van der Waals surface area contributed by atoms with Gasteiger partial charge in [-0.25, -0.2) is 8.42 Å². The van der Waals surface area contributed by atoms with Crippen LogP contribution < -0.4 is 11.1 Å². The van der Waals surface area contributed by atoms with Crippen LogP contribution in [0, 0.1) is 0 Å². The summed E-state index contributed by atoms with van der Waals surface area (Å²) in [5, 5.41) is 2.43. The Bertz CT molecular complexity index is 505. The number of nitrogens with two attached hydrogens (primary N) is 1. The molecule has 0 unspecified atom stereocenters. The predicted octanol–water partition coefficient (Wildman–Crippen LogP) is 0.861. The van der Waals surface area contributed by atoms with E-state index < -0.39 is 21.5 Å². The highest BCUT2D eigenvalue weighted by atomic mass is 79.9. The number of carbonyl (C=O) groups excluding carboxylic acids is 1. The molecule has 8 heteroatoms. The summed E-state index contributed by atoms with van der Waals surface area (Å²) in [6.45, 7) is 0.575. The number of amides is 1. The zero-order valence-corrected chi connectivity index (χ0v) is 13.4. The Morgan fingerprint density at radius 1 is 1.26 bits per heavy atom. The highest BCUT2D eigenvalue weighted by Crippen LogP contribution is 2.13. The largest absolute Gasteiger partial charge is 0.354 e. The first kappa shape index (κ1) is 18.4. The van der Waals surface area contributed by atoms with Crippen molar-refractivity contribution < 1.29 is 13.2 Å². The van der Waals surface area contributed by atoms with Crippen molar-refractivity contribution in [3.05, 3.63) is 34.3 Å². The van der Waals surface area contributed by atoms with Crippen molar-refractivity contribution in [2.45, 2.75) is 5.75 Å². The van der Waals surface area contributed by atoms with Gasteiger partial charge in [0.15, 0.2) is 9.84 Å². The molecule has 1 aromatic rings. The monoisotopic (exact) mass is 370 g/mol. The molecule has 1 rings (SSSR count). The Labute approximate surface area is 127 Å². The number of rotatable bonds is 6. The van der Waals surface area contributed by atoms with Crippen molar-refractivity contribution >= 4 is 44.1 Å². The molecule has 0 radical (unpaired) electrons. The molecule has 0 fully saturated rings. The molecule has 5 nitrogen and oxygen atoms in total. The van der Waals surface area contributed by atoms with E-state index in [2.05, 4.69) is 21.2 Å². The van der Waals surface area contributed by atoms with Crippen LogP contribution in [-0.2, 0) is 20.4 Å². The lowest BCUT2D eigenvalue weighted by Gasteiger charge is -2.05. The van der Waals surface area contributed by atoms with E-state index in [0.717, 1.165) is 4.47 Å². The molecule has 1 amide bonds. The normalized spacial score (nSPS) is 10.6. The Hall–Kier alpha value is -0.630. The van der Waals surface area contributed by atoms with Crippen molar-refractivity contribution in [3.63, 3.8) is 0 Å². The van der Waals surface area contributed by atoms with Gasteiger partial charge >= 0.3 is 0 Å². The molecule has 3 N–H and O–H groups in total. The Balaban J connectivity index is 0.00000324. The van der Waals surface area contributed by atoms with E-state index in [1.807, 2.05) is 0 Å². The van der Waals surface area contributed by atoms with Gasteiger partial charge in [0, 0.05) is 17.6 Å². The molecule has 0 aliphatic heterocycles. The highest BCUT2D eigenvalue weighted by molar-refractivity contribution is 9.10. The molecule has 0 heterocycles. The summed E-state index contributed by atoms with van der Waals surface area (Å²) in [7, 11) is -3.45. The summed E-state index contributed by atoms with van der Waals surface area (Å²) in [5.74, 6) is -1.17. The summed E-state index contributed by atoms with van der Waals surface area (Å²) in [4.78, 5) is 11.3. The fourth-order valence-corrected chi connectivity index (χ4v) is 2.92. The molecule has 19 heavy (non-hydrogen) atoms. The van der Waals surface area contributed by atoms with Crippen LogP contribution >= 0.6 is 28.3 Å². The van der Waals surface area contributed by atoms with Gasteiger partial charge in [-0.3, -0.25) is 4.79 Å². The number of hydrogen-bond acceptors (Lipinski definition) is 4. The molecular weight excluding hydrogens is 356 g/mol. The van der Waals surface area contributed by atoms with Gasteiger partial charge in [-0.1, -0.05) is 28.1 Å². The number of sulfone groups is 1. The Morgan fingerprint density at radius 3 is 2.37 bits per heavy atom. The third-order valence-electron chi connectivity index (χ3n) is 2.12. The highest BCUT2D eigenvalue weighted by Gasteiger charge is 2.16. The van der Waals surface area contributed by atoms with E-state index in [4.69, 9.17) is 5.73 Å². The second-order valence-electron chi connectivity index (χ2n) is 3.80. The SMILES string of the molecule is Cl.NCCNC(=O)CS(=O)(=O)Cc1ccc(Br)cc1. The van der Waals surface area contributed by atoms with Gasteiger partial charge in [0.1, 0.15) is 5.75 Å². The number of benzene rings is 1. The van der Waals surface area contributed by atoms with Crippen molar-refractivity contribution in [3.8, 4) is 0 Å². The molecule has 0 aliphatic carbocycles. The van der Waals surface area contributed by atoms with E-state index in [9.17, 15) is 13.2 Å². The number of halogens is 2. The van der Waals surface area contributed by atoms with Crippen molar-refractivity contribution in [1.82, 2.24) is 5.32 Å². The van der Waals surface area contributed by atoms with Gasteiger partial charge in [-0.2, -0.15) is 0 Å². The molecule has 0 atom stereocenters. The first-order valence-electron chi connectivity index (χ1n) is 5.34. The zero-order chi connectivity index (χ0) is 13.6. The lowest BCUT2D eigenvalue weighted by Crippen LogP contribution is -2.34. The minimum atomic E-state index is -3.45. The van der Waals surface area contributed by atoms with E-state index in [0.29, 0.717) is 12.1 Å². The molecule has 0 bridgehead atoms. The Morgan fingerprint density at radius 2 is 1.84 bits per heavy atom. The van der Waals surface area contributed by atoms with Crippen LogP contribution in [0.25, 0.3) is 0 Å². The van der Waals surface area contributed by atoms with Crippen LogP contribution in [0.2, 0.25) is 0 Å². The van der Waals surface area contributed by atoms with E-state index >= 15 is 0 Å². The van der Waals surface area contributed by atoms with Gasteiger partial charge in [0.2, 0.25) is 5.91 Å². The molecule has 0 spiro atoms. The maximum atomic E-state index is 11.8. The van der Waals surface area contributed by atoms with Gasteiger partial charge in [0.05, 0.1) is 5.75 Å². The summed E-state index contributed by atoms with van der Waals surface area (Å²) in [5.41, 5.74) is 5.87. The van der Waals surface area contributed by atoms with Crippen molar-refractivity contribution in [2.24, 2.45) is 5.73 Å². The van der Waals surface area contributed by atoms with E-state index in [-0.39, 0.29) is 24.7 Å². The van der Waals surface area contributed by atoms with Gasteiger partial charge < -0.3 is 11.1 Å². The lowest BCUT2D eigenvalue weighted by molar-refractivity contribution is -0.118. The fraction of sp³-hybridized carbons (Fsp3) is 0.364. The first-order chi connectivity index (χ1) is 8.43. The van der Waals surface area contributed by atoms with Crippen LogP contribution in [0.3, 0.4) is 0 Å². The average Bonchev–Trinajstić information content (AvgIpc) is 2.28. The minimum absolute atomic E-state index is 0. The molecular formula is C11H16BrClN2O3S. The predicted molar refractivity (Wildman–Crippen MR) is 80.9 cm³/mol. The molecule has 0 saturated carbocycles. The fourth-order valence-electron chi connectivity index (χ4n) is 1.35. The van der Waals surface area contributed by atoms with E-state index in [1.54, 1.807) is 24.3 Å². The van der Waals surface area contributed by atoms with Crippen molar-refractivity contribution in [2.75, 3.05) is 18.8 Å². The smallest absolute Gasteiger partial charge is 0.235 e. The molecule has 0 aliphatic rings. The zero-order valence-electron chi connectivity index (χ0n) is 10.1. The average molecular weight is 372 g/mol. The molecule has 108 valence electrons. The third-order valence-corrected chi connectivity index (χ3v) is 4.12. The number of hydrogen-bond donors (Lipinski definition) is 2. The summed E-state index contributed by atoms with van der Waals surface area (Å²) >= 11 is 3.27. The Kier molecular flexibility index (Phi) is 8.24.